The maximum Gasteiger partial charge on any atom is 0.314 e. The number of carbonyl (C=O) groups is 1. The molecule has 4 heteroatoms. The lowest BCUT2D eigenvalue weighted by molar-refractivity contribution is -0.140. The van der Waals surface area contributed by atoms with Crippen LogP contribution in [0.25, 0.3) is 0 Å². The van der Waals surface area contributed by atoms with Crippen molar-refractivity contribution < 1.29 is 13.9 Å². The third kappa shape index (κ3) is 4.04. The lowest BCUT2D eigenvalue weighted by atomic mass is 9.80. The third-order valence-corrected chi connectivity index (χ3v) is 4.16. The van der Waals surface area contributed by atoms with E-state index in [0.717, 1.165) is 37.7 Å². The molecule has 0 heterocycles. The van der Waals surface area contributed by atoms with Crippen molar-refractivity contribution in [3.63, 3.8) is 0 Å². The highest BCUT2D eigenvalue weighted by Crippen LogP contribution is 2.32. The molecular weight excluding hydrogens is 269 g/mol. The Morgan fingerprint density at radius 3 is 2.67 bits per heavy atom. The van der Waals surface area contributed by atoms with Gasteiger partial charge in [-0.15, -0.1) is 0 Å². The van der Waals surface area contributed by atoms with Crippen molar-refractivity contribution in [3.8, 4) is 11.8 Å². The summed E-state index contributed by atoms with van der Waals surface area (Å²) in [5.41, 5.74) is -0.0464. The second-order valence-electron chi connectivity index (χ2n) is 5.68. The monoisotopic (exact) mass is 289 g/mol. The molecule has 0 bridgehead atoms. The van der Waals surface area contributed by atoms with Gasteiger partial charge in [-0.25, -0.2) is 4.39 Å². The van der Waals surface area contributed by atoms with Crippen LogP contribution in [0, 0.1) is 29.0 Å². The van der Waals surface area contributed by atoms with Crippen molar-refractivity contribution in [2.45, 2.75) is 45.4 Å². The highest BCUT2D eigenvalue weighted by atomic mass is 19.1. The Hall–Kier alpha value is -1.89. The van der Waals surface area contributed by atoms with Crippen LogP contribution in [0.5, 0.6) is 5.75 Å². The first-order valence-electron chi connectivity index (χ1n) is 7.55. The summed E-state index contributed by atoms with van der Waals surface area (Å²) in [4.78, 5) is 12.1. The predicted molar refractivity (Wildman–Crippen MR) is 77.1 cm³/mol. The van der Waals surface area contributed by atoms with Crippen LogP contribution >= 0.6 is 0 Å². The fraction of sp³-hybridized carbons (Fsp3) is 0.529. The number of carbonyl (C=O) groups excluding carboxylic acids is 1. The predicted octanol–water partition coefficient (Wildman–Crippen LogP) is 4.21. The normalized spacial score (nSPS) is 21.6. The Labute approximate surface area is 124 Å². The van der Waals surface area contributed by atoms with Gasteiger partial charge in [0.05, 0.1) is 11.5 Å². The number of nitrogens with zero attached hydrogens (tertiary/aromatic N) is 1. The van der Waals surface area contributed by atoms with Gasteiger partial charge in [0.1, 0.15) is 17.6 Å². The highest BCUT2D eigenvalue weighted by Gasteiger charge is 2.27. The molecule has 1 saturated carbocycles. The molecule has 0 radical (unpaired) electrons. The van der Waals surface area contributed by atoms with E-state index in [2.05, 4.69) is 6.92 Å². The van der Waals surface area contributed by atoms with Crippen LogP contribution < -0.4 is 4.74 Å². The SMILES string of the molecule is CCCC1CCC(C(=O)Oc2ccc(C#N)c(F)c2)CC1. The van der Waals surface area contributed by atoms with E-state index in [4.69, 9.17) is 10.00 Å². The molecule has 0 unspecified atom stereocenters. The molecule has 1 fully saturated rings. The number of hydrogen-bond acceptors (Lipinski definition) is 3. The number of ether oxygens (including phenoxy) is 1. The van der Waals surface area contributed by atoms with Crippen LogP contribution in [0.1, 0.15) is 51.0 Å². The summed E-state index contributed by atoms with van der Waals surface area (Å²) in [5.74, 6) is -0.126. The van der Waals surface area contributed by atoms with Gasteiger partial charge in [0, 0.05) is 6.07 Å². The standard InChI is InChI=1S/C17H20FNO2/c1-2-3-12-4-6-13(7-5-12)17(20)21-15-9-8-14(11-19)16(18)10-15/h8-10,12-13H,2-7H2,1H3. The zero-order chi connectivity index (χ0) is 15.2. The Kier molecular flexibility index (Phi) is 5.32. The Bertz CT molecular complexity index is 542. The van der Waals surface area contributed by atoms with E-state index in [1.807, 2.05) is 0 Å². The van der Waals surface area contributed by atoms with Crippen molar-refractivity contribution >= 4 is 5.97 Å². The van der Waals surface area contributed by atoms with E-state index in [-0.39, 0.29) is 23.2 Å². The number of benzene rings is 1. The lowest BCUT2D eigenvalue weighted by Crippen LogP contribution is -2.25. The molecule has 21 heavy (non-hydrogen) atoms. The fourth-order valence-electron chi connectivity index (χ4n) is 2.94. The minimum Gasteiger partial charge on any atom is -0.426 e. The molecule has 0 amide bonds. The van der Waals surface area contributed by atoms with Crippen molar-refractivity contribution in [3.05, 3.63) is 29.6 Å². The molecule has 0 atom stereocenters. The average Bonchev–Trinajstić information content (AvgIpc) is 2.48. The van der Waals surface area contributed by atoms with E-state index < -0.39 is 5.82 Å². The molecule has 1 aromatic rings. The van der Waals surface area contributed by atoms with Crippen LogP contribution in [0.2, 0.25) is 0 Å². The summed E-state index contributed by atoms with van der Waals surface area (Å²) in [6.07, 6.45) is 6.24. The second kappa shape index (κ2) is 7.21. The minimum absolute atomic E-state index is 0.0464. The first-order chi connectivity index (χ1) is 10.1. The largest absolute Gasteiger partial charge is 0.426 e. The Balaban J connectivity index is 1.90. The topological polar surface area (TPSA) is 50.1 Å². The molecule has 0 N–H and O–H groups in total. The van der Waals surface area contributed by atoms with E-state index in [1.54, 1.807) is 6.07 Å². The second-order valence-corrected chi connectivity index (χ2v) is 5.68. The zero-order valence-electron chi connectivity index (χ0n) is 12.3. The van der Waals surface area contributed by atoms with Crippen LogP contribution in [-0.2, 0) is 4.79 Å². The van der Waals surface area contributed by atoms with Gasteiger partial charge >= 0.3 is 5.97 Å². The van der Waals surface area contributed by atoms with Crippen molar-refractivity contribution in [2.75, 3.05) is 0 Å². The average molecular weight is 289 g/mol. The lowest BCUT2D eigenvalue weighted by Gasteiger charge is -2.26. The molecule has 3 nitrogen and oxygen atoms in total. The summed E-state index contributed by atoms with van der Waals surface area (Å²) < 4.78 is 18.7. The summed E-state index contributed by atoms with van der Waals surface area (Å²) in [6, 6.07) is 5.63. The van der Waals surface area contributed by atoms with E-state index in [0.29, 0.717) is 0 Å². The van der Waals surface area contributed by atoms with Crippen LogP contribution in [0.3, 0.4) is 0 Å². The summed E-state index contributed by atoms with van der Waals surface area (Å²) in [5, 5.41) is 8.67. The molecule has 0 spiro atoms. The molecule has 0 aliphatic heterocycles. The maximum atomic E-state index is 13.5. The first-order valence-corrected chi connectivity index (χ1v) is 7.55. The minimum atomic E-state index is -0.658. The summed E-state index contributed by atoms with van der Waals surface area (Å²) in [6.45, 7) is 2.18. The van der Waals surface area contributed by atoms with E-state index in [9.17, 15) is 9.18 Å². The number of esters is 1. The van der Waals surface area contributed by atoms with Gasteiger partial charge in [-0.2, -0.15) is 5.26 Å². The molecule has 1 aromatic carbocycles. The number of rotatable bonds is 4. The molecule has 112 valence electrons. The van der Waals surface area contributed by atoms with Gasteiger partial charge in [0.2, 0.25) is 0 Å². The van der Waals surface area contributed by atoms with Crippen molar-refractivity contribution in [1.29, 1.82) is 5.26 Å². The molecule has 1 aliphatic rings. The van der Waals surface area contributed by atoms with Crippen LogP contribution in [0.4, 0.5) is 4.39 Å². The highest BCUT2D eigenvalue weighted by molar-refractivity contribution is 5.75. The van der Waals surface area contributed by atoms with Crippen LogP contribution in [0.15, 0.2) is 18.2 Å². The Morgan fingerprint density at radius 1 is 1.38 bits per heavy atom. The zero-order valence-corrected chi connectivity index (χ0v) is 12.3. The fourth-order valence-corrected chi connectivity index (χ4v) is 2.94. The van der Waals surface area contributed by atoms with Gasteiger partial charge in [0.25, 0.3) is 0 Å². The summed E-state index contributed by atoms with van der Waals surface area (Å²) >= 11 is 0. The molecular formula is C17H20FNO2. The van der Waals surface area contributed by atoms with Gasteiger partial charge < -0.3 is 4.74 Å². The van der Waals surface area contributed by atoms with E-state index >= 15 is 0 Å². The Morgan fingerprint density at radius 2 is 2.10 bits per heavy atom. The maximum absolute atomic E-state index is 13.5. The molecule has 0 saturated heterocycles. The van der Waals surface area contributed by atoms with Gasteiger partial charge in [0.15, 0.2) is 0 Å². The molecule has 2 rings (SSSR count). The number of nitriles is 1. The quantitative estimate of drug-likeness (QED) is 0.616. The van der Waals surface area contributed by atoms with Crippen molar-refractivity contribution in [1.82, 2.24) is 0 Å². The van der Waals surface area contributed by atoms with Crippen molar-refractivity contribution in [2.24, 2.45) is 11.8 Å². The van der Waals surface area contributed by atoms with Gasteiger partial charge in [-0.3, -0.25) is 4.79 Å². The molecule has 1 aliphatic carbocycles. The van der Waals surface area contributed by atoms with Gasteiger partial charge in [-0.1, -0.05) is 19.8 Å². The number of hydrogen-bond donors (Lipinski definition) is 0. The van der Waals surface area contributed by atoms with Gasteiger partial charge in [-0.05, 0) is 43.7 Å². The smallest absolute Gasteiger partial charge is 0.314 e. The molecule has 0 aromatic heterocycles. The first kappa shape index (κ1) is 15.5. The number of halogens is 1. The van der Waals surface area contributed by atoms with E-state index in [1.165, 1.54) is 25.0 Å². The third-order valence-electron chi connectivity index (χ3n) is 4.16. The summed E-state index contributed by atoms with van der Waals surface area (Å²) in [7, 11) is 0. The van der Waals surface area contributed by atoms with Crippen LogP contribution in [-0.4, -0.2) is 5.97 Å².